The average Bonchev–Trinajstić information content (AvgIpc) is 3.38. The minimum absolute atomic E-state index is 0.0195. The van der Waals surface area contributed by atoms with Gasteiger partial charge in [0.2, 0.25) is 0 Å². The van der Waals surface area contributed by atoms with Gasteiger partial charge in [-0.2, -0.15) is 13.2 Å². The first-order valence-corrected chi connectivity index (χ1v) is 8.98. The number of alkyl halides is 3. The number of nitrogens with zero attached hydrogens (tertiary/aromatic N) is 2. The van der Waals surface area contributed by atoms with Crippen LogP contribution in [0.1, 0.15) is 24.4 Å². The summed E-state index contributed by atoms with van der Waals surface area (Å²) >= 11 is 8.48. The van der Waals surface area contributed by atoms with E-state index in [1.54, 1.807) is 24.3 Å². The van der Waals surface area contributed by atoms with Gasteiger partial charge in [-0.1, -0.05) is 28.1 Å². The molecular formula is C17H11BrF3N3OS. The highest BCUT2D eigenvalue weighted by Crippen LogP contribution is 2.40. The Morgan fingerprint density at radius 3 is 2.46 bits per heavy atom. The molecule has 4 rings (SSSR count). The lowest BCUT2D eigenvalue weighted by Gasteiger charge is -2.15. The minimum Gasteiger partial charge on any atom is -0.299 e. The van der Waals surface area contributed by atoms with Crippen molar-refractivity contribution in [2.45, 2.75) is 25.1 Å². The van der Waals surface area contributed by atoms with Gasteiger partial charge in [-0.25, -0.2) is 4.98 Å². The van der Waals surface area contributed by atoms with E-state index in [0.29, 0.717) is 5.56 Å². The number of hydrogen-bond acceptors (Lipinski definition) is 3. The van der Waals surface area contributed by atoms with E-state index < -0.39 is 22.7 Å². The Balaban J connectivity index is 2.13. The Labute approximate surface area is 158 Å². The maximum atomic E-state index is 13.7. The second-order valence-corrected chi connectivity index (χ2v) is 7.42. The number of benzene rings is 1. The SMILES string of the molecule is O=c1[nH]c(=S)n(C2CC2)c2nc(-c3ccc(Br)cc3)cc(C(F)(F)F)c12. The standard InChI is InChI=1S/C17H11BrF3N3OS/c18-9-3-1-8(2-4-9)12-7-11(17(19,20)21)13-14(22-12)24(10-5-6-10)16(26)23-15(13)25/h1-4,7,10H,5-6H2,(H,23,25,26). The molecule has 0 aliphatic heterocycles. The van der Waals surface area contributed by atoms with Gasteiger partial charge in [0.05, 0.1) is 16.6 Å². The lowest BCUT2D eigenvalue weighted by atomic mass is 10.1. The molecule has 1 aromatic carbocycles. The van der Waals surface area contributed by atoms with Gasteiger partial charge in [0.25, 0.3) is 5.56 Å². The van der Waals surface area contributed by atoms with Gasteiger partial charge in [0.15, 0.2) is 4.77 Å². The van der Waals surface area contributed by atoms with E-state index in [-0.39, 0.29) is 22.2 Å². The number of nitrogens with one attached hydrogen (secondary N) is 1. The number of fused-ring (bicyclic) bond motifs is 1. The third-order valence-corrected chi connectivity index (χ3v) is 5.08. The molecule has 1 fully saturated rings. The van der Waals surface area contributed by atoms with Crippen molar-refractivity contribution in [3.63, 3.8) is 0 Å². The van der Waals surface area contributed by atoms with Crippen LogP contribution in [0.15, 0.2) is 39.6 Å². The van der Waals surface area contributed by atoms with Crippen LogP contribution in [0.2, 0.25) is 0 Å². The molecule has 9 heteroatoms. The van der Waals surface area contributed by atoms with E-state index in [1.807, 2.05) is 0 Å². The largest absolute Gasteiger partial charge is 0.417 e. The van der Waals surface area contributed by atoms with Crippen LogP contribution >= 0.6 is 28.1 Å². The lowest BCUT2D eigenvalue weighted by molar-refractivity contribution is -0.136. The van der Waals surface area contributed by atoms with Gasteiger partial charge in [0, 0.05) is 16.1 Å². The van der Waals surface area contributed by atoms with Crippen LogP contribution in [0.3, 0.4) is 0 Å². The first-order valence-electron chi connectivity index (χ1n) is 7.78. The van der Waals surface area contributed by atoms with Crippen LogP contribution in [0.25, 0.3) is 22.3 Å². The molecule has 1 N–H and O–H groups in total. The molecule has 0 amide bonds. The second kappa shape index (κ2) is 6.02. The van der Waals surface area contributed by atoms with Crippen molar-refractivity contribution in [3.8, 4) is 11.3 Å². The van der Waals surface area contributed by atoms with Crippen LogP contribution in [0.5, 0.6) is 0 Å². The third kappa shape index (κ3) is 2.99. The summed E-state index contributed by atoms with van der Waals surface area (Å²) < 4.78 is 43.5. The van der Waals surface area contributed by atoms with Gasteiger partial charge in [-0.15, -0.1) is 0 Å². The molecule has 2 heterocycles. The predicted molar refractivity (Wildman–Crippen MR) is 97.6 cm³/mol. The second-order valence-electron chi connectivity index (χ2n) is 6.12. The first-order chi connectivity index (χ1) is 12.3. The van der Waals surface area contributed by atoms with Crippen molar-refractivity contribution in [2.24, 2.45) is 0 Å². The summed E-state index contributed by atoms with van der Waals surface area (Å²) in [6.07, 6.45) is -3.11. The molecule has 3 aromatic rings. The van der Waals surface area contributed by atoms with E-state index in [0.717, 1.165) is 23.4 Å². The molecule has 0 spiro atoms. The fourth-order valence-electron chi connectivity index (χ4n) is 2.91. The predicted octanol–water partition coefficient (Wildman–Crippen LogP) is 5.24. The maximum Gasteiger partial charge on any atom is 0.417 e. The summed E-state index contributed by atoms with van der Waals surface area (Å²) in [5, 5.41) is -0.473. The summed E-state index contributed by atoms with van der Waals surface area (Å²) in [4.78, 5) is 19.0. The quantitative estimate of drug-likeness (QED) is 0.553. The Kier molecular flexibility index (Phi) is 4.03. The molecule has 2 aromatic heterocycles. The topological polar surface area (TPSA) is 50.7 Å². The molecule has 0 atom stereocenters. The Hall–Kier alpha value is -2.00. The fraction of sp³-hybridized carbons (Fsp3) is 0.235. The number of halogens is 4. The Morgan fingerprint density at radius 2 is 1.88 bits per heavy atom. The van der Waals surface area contributed by atoms with Gasteiger partial charge in [-0.3, -0.25) is 14.3 Å². The summed E-state index contributed by atoms with van der Waals surface area (Å²) in [6.45, 7) is 0. The van der Waals surface area contributed by atoms with Crippen LogP contribution < -0.4 is 5.56 Å². The number of pyridine rings is 1. The molecule has 1 saturated carbocycles. The maximum absolute atomic E-state index is 13.7. The zero-order chi connectivity index (χ0) is 18.6. The molecule has 0 unspecified atom stereocenters. The van der Waals surface area contributed by atoms with Crippen LogP contribution in [-0.4, -0.2) is 14.5 Å². The van der Waals surface area contributed by atoms with Gasteiger partial charge >= 0.3 is 6.18 Å². The van der Waals surface area contributed by atoms with E-state index in [4.69, 9.17) is 12.2 Å². The van der Waals surface area contributed by atoms with Gasteiger partial charge < -0.3 is 0 Å². The van der Waals surface area contributed by atoms with E-state index in [9.17, 15) is 18.0 Å². The van der Waals surface area contributed by atoms with Crippen LogP contribution in [-0.2, 0) is 6.18 Å². The highest BCUT2D eigenvalue weighted by atomic mass is 79.9. The van der Waals surface area contributed by atoms with Gasteiger partial charge in [-0.05, 0) is 43.3 Å². The molecule has 4 nitrogen and oxygen atoms in total. The van der Waals surface area contributed by atoms with Crippen molar-refractivity contribution in [2.75, 3.05) is 0 Å². The highest BCUT2D eigenvalue weighted by Gasteiger charge is 2.36. The van der Waals surface area contributed by atoms with E-state index in [2.05, 4.69) is 25.9 Å². The normalized spacial score (nSPS) is 14.8. The lowest BCUT2D eigenvalue weighted by Crippen LogP contribution is -2.20. The molecule has 1 aliphatic rings. The molecule has 0 radical (unpaired) electrons. The summed E-state index contributed by atoms with van der Waals surface area (Å²) in [6, 6.07) is 7.67. The van der Waals surface area contributed by atoms with Crippen LogP contribution in [0, 0.1) is 4.77 Å². The van der Waals surface area contributed by atoms with Crippen molar-refractivity contribution < 1.29 is 13.2 Å². The average molecular weight is 442 g/mol. The number of rotatable bonds is 2. The smallest absolute Gasteiger partial charge is 0.299 e. The number of hydrogen-bond donors (Lipinski definition) is 1. The van der Waals surface area contributed by atoms with Crippen molar-refractivity contribution in [3.05, 3.63) is 55.5 Å². The number of H-pyrrole nitrogens is 1. The molecule has 1 aliphatic carbocycles. The molecule has 0 bridgehead atoms. The van der Waals surface area contributed by atoms with Crippen LogP contribution in [0.4, 0.5) is 13.2 Å². The van der Waals surface area contributed by atoms with E-state index in [1.165, 1.54) is 4.57 Å². The van der Waals surface area contributed by atoms with Crippen molar-refractivity contribution in [1.29, 1.82) is 0 Å². The molecular weight excluding hydrogens is 431 g/mol. The molecule has 0 saturated heterocycles. The third-order valence-electron chi connectivity index (χ3n) is 4.25. The van der Waals surface area contributed by atoms with E-state index >= 15 is 0 Å². The fourth-order valence-corrected chi connectivity index (χ4v) is 3.50. The first kappa shape index (κ1) is 17.4. The van der Waals surface area contributed by atoms with Crippen molar-refractivity contribution >= 4 is 39.2 Å². The number of aromatic amines is 1. The zero-order valence-electron chi connectivity index (χ0n) is 13.1. The zero-order valence-corrected chi connectivity index (χ0v) is 15.5. The highest BCUT2D eigenvalue weighted by molar-refractivity contribution is 9.10. The number of aromatic nitrogens is 3. The minimum atomic E-state index is -4.69. The molecule has 134 valence electrons. The Bertz CT molecular complexity index is 1130. The monoisotopic (exact) mass is 441 g/mol. The van der Waals surface area contributed by atoms with Gasteiger partial charge in [0.1, 0.15) is 5.65 Å². The summed E-state index contributed by atoms with van der Waals surface area (Å²) in [5.41, 5.74) is -1.23. The van der Waals surface area contributed by atoms with Crippen molar-refractivity contribution in [1.82, 2.24) is 14.5 Å². The summed E-state index contributed by atoms with van der Waals surface area (Å²) in [7, 11) is 0. The Morgan fingerprint density at radius 1 is 1.23 bits per heavy atom. The molecule has 26 heavy (non-hydrogen) atoms. The summed E-state index contributed by atoms with van der Waals surface area (Å²) in [5.74, 6) is 0.